The van der Waals surface area contributed by atoms with Crippen LogP contribution in [0.2, 0.25) is 0 Å². The average Bonchev–Trinajstić information content (AvgIpc) is 3.04. The SMILES string of the molecule is COc1ccc(C2=C3N=C(C)C=CN3N(c3ccc(C(C)C)cc3)C2C)cc1OC. The van der Waals surface area contributed by atoms with Gasteiger partial charge in [0.15, 0.2) is 17.3 Å². The predicted octanol–water partition coefficient (Wildman–Crippen LogP) is 5.61. The fourth-order valence-corrected chi connectivity index (χ4v) is 4.09. The van der Waals surface area contributed by atoms with Gasteiger partial charge in [0.1, 0.15) is 0 Å². The van der Waals surface area contributed by atoms with Gasteiger partial charge in [-0.25, -0.2) is 10.0 Å². The summed E-state index contributed by atoms with van der Waals surface area (Å²) in [6.07, 6.45) is 4.14. The molecule has 0 saturated heterocycles. The molecule has 0 N–H and O–H groups in total. The highest BCUT2D eigenvalue weighted by Crippen LogP contribution is 2.43. The van der Waals surface area contributed by atoms with Crippen molar-refractivity contribution in [3.8, 4) is 11.5 Å². The molecule has 0 fully saturated rings. The monoisotopic (exact) mass is 403 g/mol. The Morgan fingerprint density at radius 2 is 1.67 bits per heavy atom. The van der Waals surface area contributed by atoms with Crippen LogP contribution in [0, 0.1) is 0 Å². The van der Waals surface area contributed by atoms with Gasteiger partial charge in [-0.3, -0.25) is 5.01 Å². The van der Waals surface area contributed by atoms with Gasteiger partial charge in [0, 0.05) is 17.5 Å². The zero-order chi connectivity index (χ0) is 21.4. The van der Waals surface area contributed by atoms with E-state index >= 15 is 0 Å². The van der Waals surface area contributed by atoms with Gasteiger partial charge in [0.05, 0.1) is 25.9 Å². The first-order valence-electron chi connectivity index (χ1n) is 10.3. The van der Waals surface area contributed by atoms with Crippen LogP contribution in [0.4, 0.5) is 5.69 Å². The van der Waals surface area contributed by atoms with Gasteiger partial charge in [-0.1, -0.05) is 32.0 Å². The molecule has 2 aliphatic heterocycles. The molecule has 0 amide bonds. The van der Waals surface area contributed by atoms with Gasteiger partial charge in [0.25, 0.3) is 0 Å². The molecule has 0 radical (unpaired) electrons. The fraction of sp³-hybridized carbons (Fsp3) is 0.320. The Kier molecular flexibility index (Phi) is 5.29. The Morgan fingerprint density at radius 1 is 0.967 bits per heavy atom. The Balaban J connectivity index is 1.80. The number of allylic oxidation sites excluding steroid dienone is 1. The number of aliphatic imine (C=N–C) groups is 1. The van der Waals surface area contributed by atoms with Gasteiger partial charge in [0.2, 0.25) is 0 Å². The predicted molar refractivity (Wildman–Crippen MR) is 123 cm³/mol. The minimum atomic E-state index is 0.0994. The molecule has 4 rings (SSSR count). The van der Waals surface area contributed by atoms with Crippen LogP contribution >= 0.6 is 0 Å². The molecule has 0 saturated carbocycles. The molecule has 0 bridgehead atoms. The Morgan fingerprint density at radius 3 is 2.30 bits per heavy atom. The van der Waals surface area contributed by atoms with E-state index < -0.39 is 0 Å². The summed E-state index contributed by atoms with van der Waals surface area (Å²) in [5.74, 6) is 2.89. The van der Waals surface area contributed by atoms with Crippen molar-refractivity contribution in [2.24, 2.45) is 4.99 Å². The van der Waals surface area contributed by atoms with Crippen LogP contribution < -0.4 is 14.5 Å². The molecular weight excluding hydrogens is 374 g/mol. The van der Waals surface area contributed by atoms with Crippen molar-refractivity contribution in [3.63, 3.8) is 0 Å². The molecule has 156 valence electrons. The fourth-order valence-electron chi connectivity index (χ4n) is 4.09. The van der Waals surface area contributed by atoms with Crippen molar-refractivity contribution in [2.75, 3.05) is 19.2 Å². The van der Waals surface area contributed by atoms with E-state index in [0.29, 0.717) is 11.7 Å². The Labute approximate surface area is 178 Å². The van der Waals surface area contributed by atoms with E-state index in [9.17, 15) is 0 Å². The summed E-state index contributed by atoms with van der Waals surface area (Å²) in [4.78, 5) is 4.89. The third-order valence-corrected chi connectivity index (χ3v) is 5.73. The molecule has 5 nitrogen and oxygen atoms in total. The van der Waals surface area contributed by atoms with E-state index in [4.69, 9.17) is 14.5 Å². The zero-order valence-corrected chi connectivity index (χ0v) is 18.5. The summed E-state index contributed by atoms with van der Waals surface area (Å²) in [6, 6.07) is 15.0. The normalized spacial score (nSPS) is 18.1. The molecule has 2 aliphatic rings. The number of ether oxygens (including phenoxy) is 2. The third kappa shape index (κ3) is 3.34. The Bertz CT molecular complexity index is 1030. The lowest BCUT2D eigenvalue weighted by atomic mass is 9.99. The summed E-state index contributed by atoms with van der Waals surface area (Å²) in [6.45, 7) is 8.67. The molecule has 0 spiro atoms. The second-order valence-corrected chi connectivity index (χ2v) is 7.99. The van der Waals surface area contributed by atoms with Crippen LogP contribution in [0.3, 0.4) is 0 Å². The first-order chi connectivity index (χ1) is 14.4. The van der Waals surface area contributed by atoms with Crippen LogP contribution in [0.1, 0.15) is 44.7 Å². The van der Waals surface area contributed by atoms with Crippen molar-refractivity contribution < 1.29 is 9.47 Å². The lowest BCUT2D eigenvalue weighted by Crippen LogP contribution is -2.39. The van der Waals surface area contributed by atoms with Gasteiger partial charge < -0.3 is 9.47 Å². The topological polar surface area (TPSA) is 37.3 Å². The lowest BCUT2D eigenvalue weighted by Gasteiger charge is -2.34. The molecule has 1 unspecified atom stereocenters. The maximum Gasteiger partial charge on any atom is 0.161 e. The van der Waals surface area contributed by atoms with Gasteiger partial charge in [-0.2, -0.15) is 0 Å². The number of nitrogens with zero attached hydrogens (tertiary/aromatic N) is 3. The molecule has 2 heterocycles. The van der Waals surface area contributed by atoms with Crippen molar-refractivity contribution in [2.45, 2.75) is 39.7 Å². The summed E-state index contributed by atoms with van der Waals surface area (Å²) >= 11 is 0. The third-order valence-electron chi connectivity index (χ3n) is 5.73. The maximum atomic E-state index is 5.55. The summed E-state index contributed by atoms with van der Waals surface area (Å²) in [7, 11) is 3.32. The Hall–Kier alpha value is -3.21. The molecule has 0 aromatic heterocycles. The quantitative estimate of drug-likeness (QED) is 0.650. The van der Waals surface area contributed by atoms with E-state index in [-0.39, 0.29) is 6.04 Å². The van der Waals surface area contributed by atoms with E-state index in [1.165, 1.54) is 5.56 Å². The standard InChI is InChI=1S/C25H29N3O2/c1-16(2)19-7-10-21(11-8-19)28-18(4)24(25-26-17(3)13-14-27(25)28)20-9-12-22(29-5)23(15-20)30-6/h7-16,18H,1-6H3. The molecule has 2 aromatic rings. The highest BCUT2D eigenvalue weighted by atomic mass is 16.5. The van der Waals surface area contributed by atoms with Crippen LogP contribution in [0.25, 0.3) is 5.57 Å². The number of methoxy groups -OCH3 is 2. The van der Waals surface area contributed by atoms with Crippen molar-refractivity contribution >= 4 is 17.0 Å². The summed E-state index contributed by atoms with van der Waals surface area (Å²) in [5, 5.41) is 4.44. The lowest BCUT2D eigenvalue weighted by molar-refractivity contribution is 0.355. The van der Waals surface area contributed by atoms with Gasteiger partial charge in [-0.05, 0) is 61.2 Å². The van der Waals surface area contributed by atoms with Crippen LogP contribution in [-0.4, -0.2) is 31.0 Å². The summed E-state index contributed by atoms with van der Waals surface area (Å²) in [5.41, 5.74) is 5.70. The number of hydrogen-bond donors (Lipinski definition) is 0. The molecule has 1 atom stereocenters. The number of rotatable bonds is 5. The molecule has 2 aromatic carbocycles. The first-order valence-corrected chi connectivity index (χ1v) is 10.3. The molecular formula is C25H29N3O2. The molecule has 0 aliphatic carbocycles. The van der Waals surface area contributed by atoms with E-state index in [2.05, 4.69) is 67.3 Å². The van der Waals surface area contributed by atoms with Crippen LogP contribution in [-0.2, 0) is 0 Å². The maximum absolute atomic E-state index is 5.55. The minimum absolute atomic E-state index is 0.0994. The number of hydrazine groups is 1. The van der Waals surface area contributed by atoms with Crippen LogP contribution in [0.5, 0.6) is 11.5 Å². The second kappa shape index (κ2) is 7.90. The average molecular weight is 404 g/mol. The number of benzene rings is 2. The number of fused-ring (bicyclic) bond motifs is 1. The summed E-state index contributed by atoms with van der Waals surface area (Å²) < 4.78 is 11.0. The number of anilines is 1. The molecule has 5 heteroatoms. The van der Waals surface area contributed by atoms with Crippen molar-refractivity contribution in [1.82, 2.24) is 5.01 Å². The highest BCUT2D eigenvalue weighted by molar-refractivity contribution is 5.96. The van der Waals surface area contributed by atoms with Gasteiger partial charge in [-0.15, -0.1) is 0 Å². The smallest absolute Gasteiger partial charge is 0.161 e. The van der Waals surface area contributed by atoms with E-state index in [0.717, 1.165) is 34.1 Å². The second-order valence-electron chi connectivity index (χ2n) is 7.99. The van der Waals surface area contributed by atoms with E-state index in [1.807, 2.05) is 25.1 Å². The number of hydrogen-bond acceptors (Lipinski definition) is 5. The van der Waals surface area contributed by atoms with E-state index in [1.54, 1.807) is 14.2 Å². The first kappa shape index (κ1) is 20.1. The molecule has 30 heavy (non-hydrogen) atoms. The van der Waals surface area contributed by atoms with Crippen molar-refractivity contribution in [1.29, 1.82) is 0 Å². The highest BCUT2D eigenvalue weighted by Gasteiger charge is 2.37. The van der Waals surface area contributed by atoms with Crippen molar-refractivity contribution in [3.05, 3.63) is 71.7 Å². The largest absolute Gasteiger partial charge is 0.493 e. The van der Waals surface area contributed by atoms with Crippen LogP contribution in [0.15, 0.2) is 65.6 Å². The minimum Gasteiger partial charge on any atom is -0.493 e. The van der Waals surface area contributed by atoms with Gasteiger partial charge >= 0.3 is 0 Å². The zero-order valence-electron chi connectivity index (χ0n) is 18.5.